The number of benzene rings is 1. The van der Waals surface area contributed by atoms with Crippen LogP contribution in [0.4, 0.5) is 0 Å². The lowest BCUT2D eigenvalue weighted by Crippen LogP contribution is -2.56. The molecule has 1 aliphatic heterocycles. The maximum Gasteiger partial charge on any atom is 0.257 e. The van der Waals surface area contributed by atoms with Gasteiger partial charge in [-0.1, -0.05) is 37.3 Å². The molecule has 2 heterocycles. The molecule has 0 spiro atoms. The van der Waals surface area contributed by atoms with Gasteiger partial charge in [-0.05, 0) is 18.9 Å². The first kappa shape index (κ1) is 18.6. The lowest BCUT2D eigenvalue weighted by atomic mass is 10.1. The minimum atomic E-state index is -0.186. The highest BCUT2D eigenvalue weighted by atomic mass is 16.3. The van der Waals surface area contributed by atoms with E-state index in [4.69, 9.17) is 0 Å². The zero-order valence-electron chi connectivity index (χ0n) is 15.6. The van der Waals surface area contributed by atoms with E-state index in [1.165, 1.54) is 5.56 Å². The Bertz CT molecular complexity index is 729. The molecule has 140 valence electrons. The average molecular weight is 356 g/mol. The Balaban J connectivity index is 1.68. The largest absolute Gasteiger partial charge is 0.394 e. The maximum atomic E-state index is 13.0. The second kappa shape index (κ2) is 8.47. The first-order chi connectivity index (χ1) is 12.6. The van der Waals surface area contributed by atoms with Gasteiger partial charge in [-0.15, -0.1) is 0 Å². The van der Waals surface area contributed by atoms with Crippen LogP contribution in [-0.4, -0.2) is 62.9 Å². The first-order valence-electron chi connectivity index (χ1n) is 9.34. The summed E-state index contributed by atoms with van der Waals surface area (Å²) in [6.07, 6.45) is 2.64. The van der Waals surface area contributed by atoms with Crippen molar-refractivity contribution in [2.75, 3.05) is 26.2 Å². The van der Waals surface area contributed by atoms with Crippen LogP contribution in [0.15, 0.2) is 36.5 Å². The van der Waals surface area contributed by atoms with Crippen LogP contribution in [-0.2, 0) is 13.1 Å². The first-order valence-corrected chi connectivity index (χ1v) is 9.34. The third-order valence-corrected chi connectivity index (χ3v) is 5.06. The van der Waals surface area contributed by atoms with Crippen molar-refractivity contribution in [3.05, 3.63) is 53.3 Å². The zero-order valence-corrected chi connectivity index (χ0v) is 15.6. The Labute approximate surface area is 155 Å². The van der Waals surface area contributed by atoms with E-state index >= 15 is 0 Å². The van der Waals surface area contributed by atoms with Gasteiger partial charge in [-0.25, -0.2) is 0 Å². The predicted molar refractivity (Wildman–Crippen MR) is 101 cm³/mol. The number of hydrogen-bond acceptors (Lipinski definition) is 4. The Morgan fingerprint density at radius 3 is 2.73 bits per heavy atom. The number of hydrogen-bond donors (Lipinski definition) is 1. The second-order valence-electron chi connectivity index (χ2n) is 6.92. The van der Waals surface area contributed by atoms with Crippen LogP contribution in [0.2, 0.25) is 0 Å². The molecule has 6 heteroatoms. The van der Waals surface area contributed by atoms with Crippen LogP contribution in [0, 0.1) is 6.92 Å². The fraction of sp³-hybridized carbons (Fsp3) is 0.500. The highest BCUT2D eigenvalue weighted by molar-refractivity contribution is 5.95. The Kier molecular flexibility index (Phi) is 6.06. The highest BCUT2D eigenvalue weighted by Gasteiger charge is 2.32. The molecule has 6 nitrogen and oxygen atoms in total. The van der Waals surface area contributed by atoms with Crippen molar-refractivity contribution >= 4 is 5.91 Å². The number of aliphatic hydroxyl groups excluding tert-OH is 1. The smallest absolute Gasteiger partial charge is 0.257 e. The molecule has 2 aromatic rings. The van der Waals surface area contributed by atoms with E-state index in [-0.39, 0.29) is 18.6 Å². The molecular weight excluding hydrogens is 328 g/mol. The monoisotopic (exact) mass is 356 g/mol. The van der Waals surface area contributed by atoms with Crippen molar-refractivity contribution in [2.24, 2.45) is 0 Å². The molecule has 26 heavy (non-hydrogen) atoms. The van der Waals surface area contributed by atoms with Crippen molar-refractivity contribution < 1.29 is 9.90 Å². The van der Waals surface area contributed by atoms with Crippen molar-refractivity contribution in [1.29, 1.82) is 0 Å². The molecule has 0 bridgehead atoms. The molecule has 1 aliphatic rings. The molecule has 3 rings (SSSR count). The molecule has 1 aromatic heterocycles. The van der Waals surface area contributed by atoms with E-state index in [0.29, 0.717) is 18.7 Å². The van der Waals surface area contributed by atoms with Gasteiger partial charge in [0.25, 0.3) is 5.91 Å². The summed E-state index contributed by atoms with van der Waals surface area (Å²) in [6.45, 7) is 7.76. The molecule has 1 aromatic carbocycles. The lowest BCUT2D eigenvalue weighted by Gasteiger charge is -2.40. The number of aliphatic hydroxyl groups is 1. The lowest BCUT2D eigenvalue weighted by molar-refractivity contribution is 0.0281. The Morgan fingerprint density at radius 1 is 1.27 bits per heavy atom. The topological polar surface area (TPSA) is 61.6 Å². The van der Waals surface area contributed by atoms with Crippen molar-refractivity contribution in [1.82, 2.24) is 19.6 Å². The van der Waals surface area contributed by atoms with E-state index in [1.54, 1.807) is 6.20 Å². The molecule has 0 unspecified atom stereocenters. The number of aryl methyl sites for hydroxylation is 1. The quantitative estimate of drug-likeness (QED) is 0.859. The number of rotatable bonds is 6. The van der Waals surface area contributed by atoms with Gasteiger partial charge in [0.1, 0.15) is 0 Å². The molecule has 1 fully saturated rings. The summed E-state index contributed by atoms with van der Waals surface area (Å²) in [5.74, 6) is -0.0248. The van der Waals surface area contributed by atoms with Gasteiger partial charge in [0.15, 0.2) is 0 Å². The van der Waals surface area contributed by atoms with Crippen LogP contribution in [0.5, 0.6) is 0 Å². The van der Waals surface area contributed by atoms with Crippen molar-refractivity contribution in [3.63, 3.8) is 0 Å². The van der Waals surface area contributed by atoms with E-state index < -0.39 is 0 Å². The molecule has 1 atom stereocenters. The third kappa shape index (κ3) is 3.97. The molecule has 0 saturated carbocycles. The van der Waals surface area contributed by atoms with E-state index in [2.05, 4.69) is 29.1 Å². The second-order valence-corrected chi connectivity index (χ2v) is 6.92. The summed E-state index contributed by atoms with van der Waals surface area (Å²) in [5.41, 5.74) is 2.80. The Hall–Kier alpha value is -2.18. The number of carbonyl (C=O) groups excluding carboxylic acids is 1. The summed E-state index contributed by atoms with van der Waals surface area (Å²) >= 11 is 0. The van der Waals surface area contributed by atoms with Gasteiger partial charge >= 0.3 is 0 Å². The van der Waals surface area contributed by atoms with Crippen LogP contribution >= 0.6 is 0 Å². The third-order valence-electron chi connectivity index (χ3n) is 5.06. The fourth-order valence-corrected chi connectivity index (χ4v) is 3.58. The van der Waals surface area contributed by atoms with Gasteiger partial charge in [0.2, 0.25) is 0 Å². The molecule has 0 radical (unpaired) electrons. The number of carbonyl (C=O) groups is 1. The van der Waals surface area contributed by atoms with Crippen LogP contribution in [0.25, 0.3) is 0 Å². The minimum Gasteiger partial charge on any atom is -0.394 e. The number of nitrogens with zero attached hydrogens (tertiary/aromatic N) is 4. The SMILES string of the molecule is CCCn1ncc(C(=O)N2CCN(Cc3ccccc3)C[C@H]2CO)c1C. The van der Waals surface area contributed by atoms with Crippen LogP contribution < -0.4 is 0 Å². The predicted octanol–water partition coefficient (Wildman–Crippen LogP) is 1.92. The van der Waals surface area contributed by atoms with Gasteiger partial charge in [0, 0.05) is 38.4 Å². The summed E-state index contributed by atoms with van der Waals surface area (Å²) in [6, 6.07) is 10.1. The summed E-state index contributed by atoms with van der Waals surface area (Å²) in [4.78, 5) is 17.1. The zero-order chi connectivity index (χ0) is 18.5. The number of amides is 1. The average Bonchev–Trinajstić information content (AvgIpc) is 3.03. The van der Waals surface area contributed by atoms with Crippen molar-refractivity contribution in [3.8, 4) is 0 Å². The molecular formula is C20H28N4O2. The summed E-state index contributed by atoms with van der Waals surface area (Å²) < 4.78 is 1.88. The van der Waals surface area contributed by atoms with Crippen LogP contribution in [0.1, 0.15) is 35.0 Å². The fourth-order valence-electron chi connectivity index (χ4n) is 3.58. The minimum absolute atomic E-state index is 0.0248. The number of aromatic nitrogens is 2. The summed E-state index contributed by atoms with van der Waals surface area (Å²) in [7, 11) is 0. The van der Waals surface area contributed by atoms with E-state index in [1.807, 2.05) is 34.7 Å². The van der Waals surface area contributed by atoms with Gasteiger partial charge < -0.3 is 10.0 Å². The summed E-state index contributed by atoms with van der Waals surface area (Å²) in [5, 5.41) is 14.2. The molecule has 0 aliphatic carbocycles. The molecule has 1 N–H and O–H groups in total. The van der Waals surface area contributed by atoms with Gasteiger partial charge in [-0.3, -0.25) is 14.4 Å². The maximum absolute atomic E-state index is 13.0. The van der Waals surface area contributed by atoms with Gasteiger partial charge in [0.05, 0.1) is 24.4 Å². The molecule has 1 saturated heterocycles. The van der Waals surface area contributed by atoms with E-state index in [9.17, 15) is 9.90 Å². The standard InChI is InChI=1S/C20H28N4O2/c1-3-9-24-16(2)19(12-21-24)20(26)23-11-10-22(14-18(23)15-25)13-17-7-5-4-6-8-17/h4-8,12,18,25H,3,9-11,13-15H2,1-2H3/t18-/m0/s1. The van der Waals surface area contributed by atoms with Crippen molar-refractivity contribution in [2.45, 2.75) is 39.4 Å². The van der Waals surface area contributed by atoms with Crippen LogP contribution in [0.3, 0.4) is 0 Å². The van der Waals surface area contributed by atoms with E-state index in [0.717, 1.165) is 31.7 Å². The molecule has 1 amide bonds. The normalized spacial score (nSPS) is 18.3. The highest BCUT2D eigenvalue weighted by Crippen LogP contribution is 2.18. The van der Waals surface area contributed by atoms with Gasteiger partial charge in [-0.2, -0.15) is 5.10 Å². The Morgan fingerprint density at radius 2 is 2.04 bits per heavy atom. The number of piperazine rings is 1.